The van der Waals surface area contributed by atoms with Gasteiger partial charge in [-0.2, -0.15) is 4.39 Å². The minimum Gasteiger partial charge on any atom is -0.408 e. The summed E-state index contributed by atoms with van der Waals surface area (Å²) in [6.45, 7) is 0. The van der Waals surface area contributed by atoms with Crippen LogP contribution in [0.15, 0.2) is 0 Å². The Morgan fingerprint density at radius 1 is 1.62 bits per heavy atom. The number of carbonyl (C=O) groups excluding carboxylic acids is 1. The van der Waals surface area contributed by atoms with Crippen LogP contribution in [0.5, 0.6) is 0 Å². The van der Waals surface area contributed by atoms with E-state index in [0.717, 1.165) is 0 Å². The zero-order valence-electron chi connectivity index (χ0n) is 3.83. The predicted octanol–water partition coefficient (Wildman–Crippen LogP) is -0.266. The molecule has 5 heteroatoms. The van der Waals surface area contributed by atoms with Crippen molar-refractivity contribution in [2.75, 3.05) is 0 Å². The maximum Gasteiger partial charge on any atom is 0.512 e. The molecule has 0 aromatic heterocycles. The fourth-order valence-corrected chi connectivity index (χ4v) is 0.351. The molecule has 1 saturated heterocycles. The number of carbonyl (C=O) groups is 1. The average Bonchev–Trinajstić information content (AvgIpc) is 1.85. The van der Waals surface area contributed by atoms with E-state index in [2.05, 4.69) is 9.47 Å². The second-order valence-electron chi connectivity index (χ2n) is 1.30. The third kappa shape index (κ3) is 0.717. The summed E-state index contributed by atoms with van der Waals surface area (Å²) >= 11 is 0. The van der Waals surface area contributed by atoms with Crippen LogP contribution in [0.1, 0.15) is 0 Å². The van der Waals surface area contributed by atoms with Gasteiger partial charge in [-0.25, -0.2) is 4.79 Å². The van der Waals surface area contributed by atoms with Crippen molar-refractivity contribution in [1.29, 1.82) is 0 Å². The minimum atomic E-state index is -1.80. The number of ether oxygens (including phenoxy) is 2. The van der Waals surface area contributed by atoms with Crippen molar-refractivity contribution in [2.24, 2.45) is 5.73 Å². The van der Waals surface area contributed by atoms with Crippen molar-refractivity contribution >= 4 is 6.16 Å². The lowest BCUT2D eigenvalue weighted by Gasteiger charge is -1.96. The van der Waals surface area contributed by atoms with E-state index < -0.39 is 18.7 Å². The van der Waals surface area contributed by atoms with Crippen LogP contribution in [0, 0.1) is 0 Å². The molecule has 0 saturated carbocycles. The van der Waals surface area contributed by atoms with Gasteiger partial charge in [0.1, 0.15) is 0 Å². The third-order valence-corrected chi connectivity index (χ3v) is 0.699. The molecular formula is C3H4FNO3. The fraction of sp³-hybridized carbons (Fsp3) is 0.667. The predicted molar refractivity (Wildman–Crippen MR) is 20.4 cm³/mol. The molecule has 2 unspecified atom stereocenters. The maximum absolute atomic E-state index is 11.9. The molecule has 1 rings (SSSR count). The summed E-state index contributed by atoms with van der Waals surface area (Å²) in [7, 11) is 0. The van der Waals surface area contributed by atoms with E-state index in [1.807, 2.05) is 0 Å². The number of rotatable bonds is 0. The minimum absolute atomic E-state index is 1.05. The SMILES string of the molecule is NC1OC(=O)OC1F. The molecule has 2 atom stereocenters. The van der Waals surface area contributed by atoms with Crippen molar-refractivity contribution in [3.63, 3.8) is 0 Å². The van der Waals surface area contributed by atoms with Gasteiger partial charge in [0.2, 0.25) is 6.23 Å². The smallest absolute Gasteiger partial charge is 0.408 e. The molecule has 0 radical (unpaired) electrons. The number of alkyl halides is 1. The number of hydrogen-bond donors (Lipinski definition) is 1. The van der Waals surface area contributed by atoms with Gasteiger partial charge in [-0.1, -0.05) is 0 Å². The Morgan fingerprint density at radius 2 is 2.25 bits per heavy atom. The Hall–Kier alpha value is -0.840. The normalized spacial score (nSPS) is 36.5. The molecule has 0 aliphatic carbocycles. The molecule has 1 fully saturated rings. The van der Waals surface area contributed by atoms with Crippen LogP contribution < -0.4 is 5.73 Å². The Bertz CT molecular complexity index is 105. The Labute approximate surface area is 44.4 Å². The summed E-state index contributed by atoms with van der Waals surface area (Å²) in [5, 5.41) is 0. The lowest BCUT2D eigenvalue weighted by Crippen LogP contribution is -2.27. The fourth-order valence-electron chi connectivity index (χ4n) is 0.351. The zero-order chi connectivity index (χ0) is 6.15. The average molecular weight is 121 g/mol. The van der Waals surface area contributed by atoms with Crippen LogP contribution in [0.25, 0.3) is 0 Å². The first-order chi connectivity index (χ1) is 3.70. The Kier molecular flexibility index (Phi) is 1.05. The highest BCUT2D eigenvalue weighted by molar-refractivity contribution is 5.62. The third-order valence-electron chi connectivity index (χ3n) is 0.699. The van der Waals surface area contributed by atoms with E-state index in [0.29, 0.717) is 0 Å². The van der Waals surface area contributed by atoms with Crippen molar-refractivity contribution in [1.82, 2.24) is 0 Å². The Balaban J connectivity index is 2.51. The molecular weight excluding hydrogens is 117 g/mol. The number of halogens is 1. The highest BCUT2D eigenvalue weighted by atomic mass is 19.1. The molecule has 1 heterocycles. The van der Waals surface area contributed by atoms with Crippen molar-refractivity contribution < 1.29 is 18.7 Å². The summed E-state index contributed by atoms with van der Waals surface area (Å²) in [6.07, 6.45) is -4.10. The van der Waals surface area contributed by atoms with Crippen molar-refractivity contribution in [3.8, 4) is 0 Å². The van der Waals surface area contributed by atoms with E-state index >= 15 is 0 Å². The van der Waals surface area contributed by atoms with Gasteiger partial charge < -0.3 is 9.47 Å². The lowest BCUT2D eigenvalue weighted by atomic mass is 10.6. The molecule has 0 aromatic carbocycles. The highest BCUT2D eigenvalue weighted by Crippen LogP contribution is 2.10. The maximum atomic E-state index is 11.9. The second kappa shape index (κ2) is 1.59. The van der Waals surface area contributed by atoms with Crippen molar-refractivity contribution in [2.45, 2.75) is 12.6 Å². The molecule has 1 aliphatic rings. The number of nitrogens with two attached hydrogens (primary N) is 1. The summed E-state index contributed by atoms with van der Waals surface area (Å²) in [6, 6.07) is 0. The van der Waals surface area contributed by atoms with Crippen LogP contribution in [-0.4, -0.2) is 18.7 Å². The molecule has 2 N–H and O–H groups in total. The van der Waals surface area contributed by atoms with E-state index in [4.69, 9.17) is 5.73 Å². The van der Waals surface area contributed by atoms with Gasteiger partial charge in [0.15, 0.2) is 0 Å². The van der Waals surface area contributed by atoms with Crippen LogP contribution in [0.4, 0.5) is 9.18 Å². The van der Waals surface area contributed by atoms with E-state index in [-0.39, 0.29) is 0 Å². The molecule has 0 amide bonds. The monoisotopic (exact) mass is 121 g/mol. The first-order valence-corrected chi connectivity index (χ1v) is 1.97. The van der Waals surface area contributed by atoms with E-state index in [1.165, 1.54) is 0 Å². The van der Waals surface area contributed by atoms with Crippen LogP contribution in [0.3, 0.4) is 0 Å². The van der Waals surface area contributed by atoms with Crippen LogP contribution >= 0.6 is 0 Å². The van der Waals surface area contributed by atoms with Gasteiger partial charge in [-0.3, -0.25) is 5.73 Å². The summed E-state index contributed by atoms with van der Waals surface area (Å²) in [5.41, 5.74) is 4.83. The quantitative estimate of drug-likeness (QED) is 0.448. The lowest BCUT2D eigenvalue weighted by molar-refractivity contribution is 0.0336. The zero-order valence-corrected chi connectivity index (χ0v) is 3.83. The highest BCUT2D eigenvalue weighted by Gasteiger charge is 2.33. The molecule has 0 aromatic rings. The summed E-state index contributed by atoms with van der Waals surface area (Å²) < 4.78 is 19.7. The topological polar surface area (TPSA) is 61.5 Å². The number of hydrogen-bond acceptors (Lipinski definition) is 4. The van der Waals surface area contributed by atoms with Gasteiger partial charge >= 0.3 is 6.16 Å². The van der Waals surface area contributed by atoms with E-state index in [1.54, 1.807) is 0 Å². The molecule has 46 valence electrons. The van der Waals surface area contributed by atoms with Gasteiger partial charge in [0.05, 0.1) is 0 Å². The molecule has 0 bridgehead atoms. The second-order valence-corrected chi connectivity index (χ2v) is 1.30. The molecule has 1 aliphatic heterocycles. The van der Waals surface area contributed by atoms with Gasteiger partial charge in [-0.15, -0.1) is 0 Å². The first-order valence-electron chi connectivity index (χ1n) is 1.97. The summed E-state index contributed by atoms with van der Waals surface area (Å²) in [4.78, 5) is 9.90. The van der Waals surface area contributed by atoms with Gasteiger partial charge in [0.25, 0.3) is 6.36 Å². The molecule has 4 nitrogen and oxygen atoms in total. The molecule has 8 heavy (non-hydrogen) atoms. The molecule has 0 spiro atoms. The first kappa shape index (κ1) is 5.30. The van der Waals surface area contributed by atoms with Crippen LogP contribution in [-0.2, 0) is 9.47 Å². The van der Waals surface area contributed by atoms with E-state index in [9.17, 15) is 9.18 Å². The van der Waals surface area contributed by atoms with Crippen LogP contribution in [0.2, 0.25) is 0 Å². The van der Waals surface area contributed by atoms with Crippen molar-refractivity contribution in [3.05, 3.63) is 0 Å². The summed E-state index contributed by atoms with van der Waals surface area (Å²) in [5.74, 6) is 0. The van der Waals surface area contributed by atoms with Gasteiger partial charge in [-0.05, 0) is 0 Å². The Morgan fingerprint density at radius 3 is 2.38 bits per heavy atom. The number of cyclic esters (lactones) is 2. The van der Waals surface area contributed by atoms with Gasteiger partial charge in [0, 0.05) is 0 Å². The largest absolute Gasteiger partial charge is 0.512 e. The standard InChI is InChI=1S/C3H4FNO3/c4-1-2(5)8-3(6)7-1/h1-2H,5H2.